The molecule has 5 rings (SSSR count). The topological polar surface area (TPSA) is 38.8 Å². The van der Waals surface area contributed by atoms with Crippen LogP contribution < -0.4 is 4.90 Å². The zero-order valence-corrected chi connectivity index (χ0v) is 20.1. The van der Waals surface area contributed by atoms with Crippen LogP contribution in [0.25, 0.3) is 21.2 Å². The monoisotopic (exact) mass is 467 g/mol. The highest BCUT2D eigenvalue weighted by Gasteiger charge is 2.27. The number of ether oxygens (including phenoxy) is 2. The van der Waals surface area contributed by atoms with Crippen LogP contribution >= 0.6 is 11.3 Å². The third kappa shape index (κ3) is 4.51. The second-order valence-corrected chi connectivity index (χ2v) is 10.5. The summed E-state index contributed by atoms with van der Waals surface area (Å²) in [6.45, 7) is 4.24. The van der Waals surface area contributed by atoms with Crippen molar-refractivity contribution in [2.24, 2.45) is 5.92 Å². The predicted octanol–water partition coefficient (Wildman–Crippen LogP) is 6.59. The molecule has 2 aromatic carbocycles. The minimum Gasteiger partial charge on any atom is -0.465 e. The summed E-state index contributed by atoms with van der Waals surface area (Å²) in [7, 11) is 1.42. The van der Waals surface area contributed by atoms with Crippen LogP contribution in [0.2, 0.25) is 0 Å². The Morgan fingerprint density at radius 1 is 1.21 bits per heavy atom. The van der Waals surface area contributed by atoms with E-state index in [-0.39, 0.29) is 17.9 Å². The summed E-state index contributed by atoms with van der Waals surface area (Å²) in [5.41, 5.74) is 3.46. The van der Waals surface area contributed by atoms with Crippen LogP contribution in [-0.4, -0.2) is 38.9 Å². The second kappa shape index (κ2) is 9.43. The minimum atomic E-state index is -0.340. The molecule has 1 aliphatic carbocycles. The maximum absolute atomic E-state index is 13.7. The smallest absolute Gasteiger partial charge is 0.339 e. The van der Waals surface area contributed by atoms with Crippen molar-refractivity contribution < 1.29 is 18.7 Å². The number of fused-ring (bicyclic) bond motifs is 1. The van der Waals surface area contributed by atoms with Gasteiger partial charge in [-0.2, -0.15) is 0 Å². The molecular weight excluding hydrogens is 437 g/mol. The molecule has 174 valence electrons. The average Bonchev–Trinajstić information content (AvgIpc) is 3.12. The number of nitrogens with zero attached hydrogens (tertiary/aromatic N) is 1. The number of benzene rings is 2. The SMILES string of the molecule is COC(=O)c1cc(-c2c(C)sc3cc(F)ccc23)ccc1N1CCO[C@H](CCC2CCC2)C1. The van der Waals surface area contributed by atoms with Gasteiger partial charge >= 0.3 is 5.97 Å². The van der Waals surface area contributed by atoms with Crippen LogP contribution in [0.3, 0.4) is 0 Å². The number of methoxy groups -OCH3 is 1. The van der Waals surface area contributed by atoms with E-state index in [2.05, 4.69) is 11.0 Å². The van der Waals surface area contributed by atoms with Gasteiger partial charge in [-0.1, -0.05) is 25.3 Å². The largest absolute Gasteiger partial charge is 0.465 e. The zero-order valence-electron chi connectivity index (χ0n) is 19.2. The van der Waals surface area contributed by atoms with Crippen molar-refractivity contribution >= 4 is 33.1 Å². The fourth-order valence-corrected chi connectivity index (χ4v) is 6.22. The number of thiophene rings is 1. The number of anilines is 1. The molecule has 2 aliphatic rings. The summed E-state index contributed by atoms with van der Waals surface area (Å²) in [5.74, 6) is 0.290. The molecular formula is C27H30FNO3S. The van der Waals surface area contributed by atoms with Crippen LogP contribution in [0.15, 0.2) is 36.4 Å². The third-order valence-corrected chi connectivity index (χ3v) is 8.19. The fourth-order valence-electron chi connectivity index (χ4n) is 5.11. The van der Waals surface area contributed by atoms with E-state index in [1.54, 1.807) is 17.4 Å². The van der Waals surface area contributed by atoms with E-state index < -0.39 is 0 Å². The molecule has 0 radical (unpaired) electrons. The van der Waals surface area contributed by atoms with Crippen LogP contribution in [-0.2, 0) is 9.47 Å². The number of carbonyl (C=O) groups is 1. The lowest BCUT2D eigenvalue weighted by Crippen LogP contribution is -2.43. The highest BCUT2D eigenvalue weighted by Crippen LogP contribution is 2.40. The molecule has 1 aliphatic heterocycles. The molecule has 33 heavy (non-hydrogen) atoms. The molecule has 1 atom stereocenters. The fraction of sp³-hybridized carbons (Fsp3) is 0.444. The third-order valence-electron chi connectivity index (χ3n) is 7.12. The Kier molecular flexibility index (Phi) is 6.39. The molecule has 4 nitrogen and oxygen atoms in total. The second-order valence-electron chi connectivity index (χ2n) is 9.21. The Morgan fingerprint density at radius 3 is 2.82 bits per heavy atom. The summed E-state index contributed by atoms with van der Waals surface area (Å²) in [5, 5.41) is 1.00. The molecule has 0 N–H and O–H groups in total. The van der Waals surface area contributed by atoms with E-state index >= 15 is 0 Å². The Labute approximate surface area is 198 Å². The van der Waals surface area contributed by atoms with Crippen LogP contribution in [0.1, 0.15) is 47.3 Å². The number of esters is 1. The van der Waals surface area contributed by atoms with Crippen LogP contribution in [0.5, 0.6) is 0 Å². The van der Waals surface area contributed by atoms with Crippen LogP contribution in [0, 0.1) is 18.7 Å². The lowest BCUT2D eigenvalue weighted by molar-refractivity contribution is 0.0283. The van der Waals surface area contributed by atoms with E-state index in [4.69, 9.17) is 9.47 Å². The number of carbonyl (C=O) groups excluding carboxylic acids is 1. The molecule has 1 aromatic heterocycles. The Balaban J connectivity index is 1.45. The number of aryl methyl sites for hydroxylation is 1. The Bertz CT molecular complexity index is 1170. The molecule has 3 aromatic rings. The van der Waals surface area contributed by atoms with Gasteiger partial charge in [-0.15, -0.1) is 11.3 Å². The number of morpholine rings is 1. The molecule has 0 unspecified atom stereocenters. The van der Waals surface area contributed by atoms with Crippen molar-refractivity contribution in [2.45, 2.75) is 45.1 Å². The normalized spacial score (nSPS) is 19.0. The summed E-state index contributed by atoms with van der Waals surface area (Å²) >= 11 is 1.57. The summed E-state index contributed by atoms with van der Waals surface area (Å²) in [6, 6.07) is 10.9. The Morgan fingerprint density at radius 2 is 2.06 bits per heavy atom. The quantitative estimate of drug-likeness (QED) is 0.384. The van der Waals surface area contributed by atoms with E-state index in [9.17, 15) is 9.18 Å². The summed E-state index contributed by atoms with van der Waals surface area (Å²) < 4.78 is 25.9. The van der Waals surface area contributed by atoms with Crippen LogP contribution in [0.4, 0.5) is 10.1 Å². The molecule has 6 heteroatoms. The lowest BCUT2D eigenvalue weighted by atomic mass is 9.81. The van der Waals surface area contributed by atoms with Gasteiger partial charge in [0.1, 0.15) is 5.82 Å². The standard InChI is InChI=1S/C27H30FNO3S/c1-17-26(22-10-8-20(28)15-25(22)33-17)19-7-11-24(23(14-19)27(30)31-2)29-12-13-32-21(16-29)9-6-18-4-3-5-18/h7-8,10-11,14-15,18,21H,3-6,9,12-13,16H2,1-2H3/t21-/m1/s1. The first-order valence-corrected chi connectivity index (χ1v) is 12.6. The number of hydrogen-bond donors (Lipinski definition) is 0. The van der Waals surface area contributed by atoms with E-state index in [0.29, 0.717) is 12.2 Å². The first-order chi connectivity index (χ1) is 16.0. The van der Waals surface area contributed by atoms with Crippen molar-refractivity contribution in [3.8, 4) is 11.1 Å². The lowest BCUT2D eigenvalue weighted by Gasteiger charge is -2.36. The zero-order chi connectivity index (χ0) is 22.9. The maximum Gasteiger partial charge on any atom is 0.339 e. The molecule has 0 bridgehead atoms. The van der Waals surface area contributed by atoms with Gasteiger partial charge in [0, 0.05) is 33.6 Å². The number of rotatable bonds is 6. The van der Waals surface area contributed by atoms with Gasteiger partial charge in [0.15, 0.2) is 0 Å². The van der Waals surface area contributed by atoms with Gasteiger partial charge < -0.3 is 14.4 Å². The first kappa shape index (κ1) is 22.4. The van der Waals surface area contributed by atoms with Gasteiger partial charge in [0.2, 0.25) is 0 Å². The van der Waals surface area contributed by atoms with E-state index in [1.165, 1.54) is 38.9 Å². The maximum atomic E-state index is 13.7. The van der Waals surface area contributed by atoms with Gasteiger partial charge in [-0.25, -0.2) is 9.18 Å². The van der Waals surface area contributed by atoms with E-state index in [1.807, 2.05) is 25.1 Å². The highest BCUT2D eigenvalue weighted by molar-refractivity contribution is 7.19. The van der Waals surface area contributed by atoms with Crippen molar-refractivity contribution in [3.05, 3.63) is 52.7 Å². The summed E-state index contributed by atoms with van der Waals surface area (Å²) in [4.78, 5) is 16.2. The molecule has 0 spiro atoms. The number of halogens is 1. The number of hydrogen-bond acceptors (Lipinski definition) is 5. The van der Waals surface area contributed by atoms with Gasteiger partial charge in [-0.3, -0.25) is 0 Å². The van der Waals surface area contributed by atoms with Crippen molar-refractivity contribution in [1.29, 1.82) is 0 Å². The molecule has 2 heterocycles. The molecule has 0 amide bonds. The molecule has 2 fully saturated rings. The minimum absolute atomic E-state index is 0.197. The highest BCUT2D eigenvalue weighted by atomic mass is 32.1. The molecule has 1 saturated heterocycles. The molecule has 1 saturated carbocycles. The van der Waals surface area contributed by atoms with Crippen molar-refractivity contribution in [1.82, 2.24) is 0 Å². The van der Waals surface area contributed by atoms with Gasteiger partial charge in [0.05, 0.1) is 31.1 Å². The van der Waals surface area contributed by atoms with Crippen molar-refractivity contribution in [2.75, 3.05) is 31.7 Å². The average molecular weight is 468 g/mol. The Hall–Kier alpha value is -2.44. The van der Waals surface area contributed by atoms with Gasteiger partial charge in [0.25, 0.3) is 0 Å². The van der Waals surface area contributed by atoms with Crippen molar-refractivity contribution in [3.63, 3.8) is 0 Å². The van der Waals surface area contributed by atoms with Gasteiger partial charge in [-0.05, 0) is 61.6 Å². The predicted molar refractivity (Wildman–Crippen MR) is 132 cm³/mol. The summed E-state index contributed by atoms with van der Waals surface area (Å²) in [6.07, 6.45) is 6.57. The first-order valence-electron chi connectivity index (χ1n) is 11.8. The van der Waals surface area contributed by atoms with E-state index in [0.717, 1.165) is 57.2 Å².